The number of H-pyrrole nitrogens is 1. The van der Waals surface area contributed by atoms with Crippen LogP contribution in [0.1, 0.15) is 11.4 Å². The number of aromatic nitrogens is 4. The lowest BCUT2D eigenvalue weighted by Crippen LogP contribution is -2.23. The van der Waals surface area contributed by atoms with E-state index >= 15 is 0 Å². The van der Waals surface area contributed by atoms with Crippen LogP contribution in [-0.2, 0) is 16.1 Å². The molecule has 1 unspecified atom stereocenters. The topological polar surface area (TPSA) is 183 Å². The molecule has 4 N–H and O–H groups in total. The number of nitrogen functional groups attached to an aromatic ring is 1. The molecule has 1 atom stereocenters. The predicted molar refractivity (Wildman–Crippen MR) is 138 cm³/mol. The largest absolute Gasteiger partial charge is 0.492 e. The van der Waals surface area contributed by atoms with E-state index in [1.165, 1.54) is 11.6 Å². The van der Waals surface area contributed by atoms with Gasteiger partial charge in [0, 0.05) is 0 Å². The molecule has 0 radical (unpaired) electrons. The summed E-state index contributed by atoms with van der Waals surface area (Å²) in [5, 5.41) is 15.2. The Morgan fingerprint density at radius 2 is 2.00 bits per heavy atom. The number of nitrogens with one attached hydrogen (secondary N) is 2. The third-order valence-corrected chi connectivity index (χ3v) is 6.28. The lowest BCUT2D eigenvalue weighted by molar-refractivity contribution is 0.0370. The Kier molecular flexibility index (Phi) is 5.85. The molecule has 0 bridgehead atoms. The minimum Gasteiger partial charge on any atom is -0.492 e. The van der Waals surface area contributed by atoms with Crippen molar-refractivity contribution in [3.63, 3.8) is 0 Å². The Hall–Kier alpha value is -5.35. The van der Waals surface area contributed by atoms with Crippen molar-refractivity contribution < 1.29 is 23.4 Å². The number of methoxy groups -OCH3 is 1. The molecule has 0 saturated carbocycles. The van der Waals surface area contributed by atoms with Crippen molar-refractivity contribution >= 4 is 28.5 Å². The molecular formula is C26H21N7O6. The molecule has 6 rings (SSSR count). The maximum atomic E-state index is 13.9. The van der Waals surface area contributed by atoms with Gasteiger partial charge in [0.05, 0.1) is 43.8 Å². The van der Waals surface area contributed by atoms with Crippen molar-refractivity contribution in [2.24, 2.45) is 0 Å². The van der Waals surface area contributed by atoms with Gasteiger partial charge >= 0.3 is 6.09 Å². The Morgan fingerprint density at radius 1 is 1.18 bits per heavy atom. The second-order valence-electron chi connectivity index (χ2n) is 8.71. The highest BCUT2D eigenvalue weighted by molar-refractivity contribution is 5.88. The van der Waals surface area contributed by atoms with Gasteiger partial charge in [-0.05, 0) is 17.7 Å². The molecule has 1 saturated heterocycles. The van der Waals surface area contributed by atoms with Crippen LogP contribution in [0.4, 0.5) is 10.5 Å². The Bertz CT molecular complexity index is 1830. The average Bonchev–Trinajstić information content (AvgIpc) is 3.66. The number of nitrogens with two attached hydrogens (primary N) is 1. The summed E-state index contributed by atoms with van der Waals surface area (Å²) in [4.78, 5) is 34.5. The van der Waals surface area contributed by atoms with E-state index in [0.29, 0.717) is 40.2 Å². The van der Waals surface area contributed by atoms with Gasteiger partial charge in [0.15, 0.2) is 22.5 Å². The number of alkyl carbamates (subject to hydrolysis) is 1. The van der Waals surface area contributed by atoms with Gasteiger partial charge in [-0.15, -0.1) is 0 Å². The smallest absolute Gasteiger partial charge is 0.407 e. The van der Waals surface area contributed by atoms with Crippen molar-refractivity contribution in [2.45, 2.75) is 12.7 Å². The summed E-state index contributed by atoms with van der Waals surface area (Å²) in [6.45, 7) is 0.238. The Balaban J connectivity index is 1.53. The second-order valence-corrected chi connectivity index (χ2v) is 8.71. The number of hydrogen-bond acceptors (Lipinski definition) is 10. The quantitative estimate of drug-likeness (QED) is 0.266. The van der Waals surface area contributed by atoms with Gasteiger partial charge in [0.2, 0.25) is 5.89 Å². The maximum absolute atomic E-state index is 13.9. The van der Waals surface area contributed by atoms with Crippen LogP contribution in [0.2, 0.25) is 0 Å². The summed E-state index contributed by atoms with van der Waals surface area (Å²) in [6, 6.07) is 14.5. The highest BCUT2D eigenvalue weighted by atomic mass is 16.6. The van der Waals surface area contributed by atoms with Crippen molar-refractivity contribution in [1.82, 2.24) is 24.9 Å². The van der Waals surface area contributed by atoms with Gasteiger partial charge in [0.25, 0.3) is 5.56 Å². The van der Waals surface area contributed by atoms with Crippen molar-refractivity contribution in [2.75, 3.05) is 26.0 Å². The number of nitrogens with zero attached hydrogens (tertiary/aromatic N) is 4. The molecular weight excluding hydrogens is 506 g/mol. The van der Waals surface area contributed by atoms with E-state index in [0.717, 1.165) is 0 Å². The van der Waals surface area contributed by atoms with Crippen LogP contribution < -0.4 is 21.3 Å². The molecule has 1 aliphatic heterocycles. The van der Waals surface area contributed by atoms with Crippen LogP contribution in [0.5, 0.6) is 5.75 Å². The lowest BCUT2D eigenvalue weighted by atomic mass is 10.1. The molecule has 2 aromatic carbocycles. The first kappa shape index (κ1) is 24.0. The second kappa shape index (κ2) is 9.51. The van der Waals surface area contributed by atoms with Crippen LogP contribution >= 0.6 is 0 Å². The molecule has 3 aromatic heterocycles. The van der Waals surface area contributed by atoms with Crippen LogP contribution in [0.3, 0.4) is 0 Å². The zero-order valence-corrected chi connectivity index (χ0v) is 20.6. The van der Waals surface area contributed by atoms with Gasteiger partial charge < -0.3 is 29.7 Å². The standard InChI is InChI=1S/C26H21N7O6/c1-36-22-15(28)7-8-18-21(22)31-24(39-18)20-17(12-37-11-14-10-29-26(35)38-14)30-23-19(13-5-3-2-4-6-13)16(9-27)32-33(23)25(20)34/h2-8,14,32H,10-12,28H2,1H3,(H,29,35). The molecule has 1 amide bonds. The predicted octanol–water partition coefficient (Wildman–Crippen LogP) is 2.59. The highest BCUT2D eigenvalue weighted by Gasteiger charge is 2.27. The Labute approximate surface area is 219 Å². The van der Waals surface area contributed by atoms with E-state index in [9.17, 15) is 14.9 Å². The SMILES string of the molecule is COc1c(N)ccc2oc(-c3c(COCC4CNC(=O)O4)nc4c(-c5ccccc5)c(C#N)[nH]n4c3=O)nc12. The minimum atomic E-state index is -0.551. The zero-order chi connectivity index (χ0) is 27.1. The Morgan fingerprint density at radius 3 is 2.72 bits per heavy atom. The number of oxazole rings is 1. The number of cyclic esters (lactones) is 1. The maximum Gasteiger partial charge on any atom is 0.407 e. The van der Waals surface area contributed by atoms with Crippen molar-refractivity contribution in [3.05, 3.63) is 64.2 Å². The van der Waals surface area contributed by atoms with E-state index < -0.39 is 17.8 Å². The summed E-state index contributed by atoms with van der Waals surface area (Å²) in [6.07, 6.45) is -1.01. The molecule has 13 nitrogen and oxygen atoms in total. The van der Waals surface area contributed by atoms with Crippen LogP contribution in [0, 0.1) is 11.3 Å². The number of amides is 1. The van der Waals surface area contributed by atoms with Gasteiger partial charge in [-0.3, -0.25) is 9.89 Å². The van der Waals surface area contributed by atoms with Gasteiger partial charge in [-0.1, -0.05) is 30.3 Å². The summed E-state index contributed by atoms with van der Waals surface area (Å²) in [7, 11) is 1.46. The third kappa shape index (κ3) is 4.09. The monoisotopic (exact) mass is 527 g/mol. The number of anilines is 1. The first-order valence-electron chi connectivity index (χ1n) is 11.9. The van der Waals surface area contributed by atoms with E-state index in [-0.39, 0.29) is 41.7 Å². The summed E-state index contributed by atoms with van der Waals surface area (Å²) in [5.74, 6) is 0.283. The summed E-state index contributed by atoms with van der Waals surface area (Å²) in [5.41, 5.74) is 8.31. The number of rotatable bonds is 7. The van der Waals surface area contributed by atoms with E-state index in [1.807, 2.05) is 30.3 Å². The first-order valence-corrected chi connectivity index (χ1v) is 11.9. The first-order chi connectivity index (χ1) is 19.0. The normalized spacial score (nSPS) is 14.9. The van der Waals surface area contributed by atoms with Crippen LogP contribution in [0.25, 0.3) is 39.3 Å². The van der Waals surface area contributed by atoms with E-state index in [2.05, 4.69) is 21.5 Å². The number of benzene rings is 2. The molecule has 0 aliphatic carbocycles. The molecule has 39 heavy (non-hydrogen) atoms. The number of carbonyl (C=O) groups excluding carboxylic acids is 1. The summed E-state index contributed by atoms with van der Waals surface area (Å²) >= 11 is 0. The third-order valence-electron chi connectivity index (χ3n) is 6.28. The molecule has 5 aromatic rings. The fraction of sp³-hybridized carbons (Fsp3) is 0.192. The molecule has 1 aliphatic rings. The zero-order valence-electron chi connectivity index (χ0n) is 20.6. The molecule has 196 valence electrons. The van der Waals surface area contributed by atoms with Gasteiger partial charge in [-0.2, -0.15) is 9.78 Å². The van der Waals surface area contributed by atoms with Gasteiger partial charge in [0.1, 0.15) is 23.4 Å². The van der Waals surface area contributed by atoms with Gasteiger partial charge in [-0.25, -0.2) is 14.8 Å². The van der Waals surface area contributed by atoms with Crippen LogP contribution in [0.15, 0.2) is 51.7 Å². The number of hydrogen-bond donors (Lipinski definition) is 3. The number of carbonyl (C=O) groups is 1. The molecule has 1 fully saturated rings. The fourth-order valence-corrected chi connectivity index (χ4v) is 4.51. The molecule has 0 spiro atoms. The highest BCUT2D eigenvalue weighted by Crippen LogP contribution is 2.35. The summed E-state index contributed by atoms with van der Waals surface area (Å²) < 4.78 is 23.5. The fourth-order valence-electron chi connectivity index (χ4n) is 4.51. The molecule has 4 heterocycles. The van der Waals surface area contributed by atoms with E-state index in [4.69, 9.17) is 29.3 Å². The average molecular weight is 527 g/mol. The number of fused-ring (bicyclic) bond motifs is 2. The number of nitriles is 1. The minimum absolute atomic E-state index is 0.0243. The van der Waals surface area contributed by atoms with Crippen molar-refractivity contribution in [1.29, 1.82) is 5.26 Å². The molecule has 13 heteroatoms. The lowest BCUT2D eigenvalue weighted by Gasteiger charge is -2.11. The van der Waals surface area contributed by atoms with Crippen molar-refractivity contribution in [3.8, 4) is 34.4 Å². The number of ether oxygens (including phenoxy) is 3. The number of aromatic amines is 1. The van der Waals surface area contributed by atoms with Crippen LogP contribution in [-0.4, -0.2) is 52.0 Å². The van der Waals surface area contributed by atoms with E-state index in [1.54, 1.807) is 12.1 Å².